The lowest BCUT2D eigenvalue weighted by Crippen LogP contribution is -2.37. The summed E-state index contributed by atoms with van der Waals surface area (Å²) in [5.74, 6) is -0.927. The molecule has 3 rings (SSSR count). The van der Waals surface area contributed by atoms with E-state index in [1.165, 1.54) is 6.07 Å². The van der Waals surface area contributed by atoms with Crippen LogP contribution in [0.1, 0.15) is 24.2 Å². The molecule has 0 saturated carbocycles. The molecular weight excluding hydrogens is 466 g/mol. The Bertz CT molecular complexity index is 1130. The Morgan fingerprint density at radius 1 is 1.00 bits per heavy atom. The van der Waals surface area contributed by atoms with Crippen molar-refractivity contribution >= 4 is 29.3 Å². The predicted molar refractivity (Wildman–Crippen MR) is 120 cm³/mol. The molecule has 1 heterocycles. The quantitative estimate of drug-likeness (QED) is 0.304. The van der Waals surface area contributed by atoms with Crippen molar-refractivity contribution in [2.24, 2.45) is 0 Å². The van der Waals surface area contributed by atoms with E-state index in [1.54, 1.807) is 19.1 Å². The molecule has 0 bridgehead atoms. The van der Waals surface area contributed by atoms with Gasteiger partial charge in [-0.1, -0.05) is 0 Å². The number of nitro groups is 1. The first-order chi connectivity index (χ1) is 16.8. The molecule has 0 unspecified atom stereocenters. The smallest absolute Gasteiger partial charge is 0.345 e. The van der Waals surface area contributed by atoms with Gasteiger partial charge in [-0.3, -0.25) is 20.2 Å². The number of ether oxygens (including phenoxy) is 5. The molecule has 186 valence electrons. The number of urea groups is 1. The lowest BCUT2D eigenvalue weighted by Gasteiger charge is -2.18. The van der Waals surface area contributed by atoms with Crippen LogP contribution < -0.4 is 29.6 Å². The zero-order chi connectivity index (χ0) is 25.4. The number of carbonyl (C=O) groups is 3. The number of carbonyl (C=O) groups excluding carboxylic acids is 3. The van der Waals surface area contributed by atoms with E-state index < -0.39 is 40.7 Å². The fourth-order valence-electron chi connectivity index (χ4n) is 3.06. The number of hydrogen-bond acceptors (Lipinski definition) is 10. The van der Waals surface area contributed by atoms with Crippen molar-refractivity contribution in [3.05, 3.63) is 46.0 Å². The summed E-state index contributed by atoms with van der Waals surface area (Å²) in [6.45, 7) is 3.97. The number of nitro benzene ring substituents is 1. The van der Waals surface area contributed by atoms with E-state index in [2.05, 4.69) is 5.32 Å². The first-order valence-corrected chi connectivity index (χ1v) is 10.6. The van der Waals surface area contributed by atoms with Crippen LogP contribution in [0.5, 0.6) is 23.0 Å². The van der Waals surface area contributed by atoms with Crippen LogP contribution in [0.2, 0.25) is 0 Å². The maximum atomic E-state index is 12.4. The number of esters is 1. The minimum atomic E-state index is -1.14. The molecule has 13 heteroatoms. The largest absolute Gasteiger partial charge is 0.490 e. The van der Waals surface area contributed by atoms with Gasteiger partial charge in [0.2, 0.25) is 0 Å². The van der Waals surface area contributed by atoms with E-state index in [4.69, 9.17) is 23.7 Å². The topological polar surface area (TPSA) is 165 Å². The maximum Gasteiger partial charge on any atom is 0.345 e. The molecule has 0 aromatic heterocycles. The standard InChI is InChI=1S/C22H23N3O10/c1-3-31-16-6-5-13(9-17(16)32-4-2)23-22(28)24-20(26)12-35-21(27)14-10-18-19(34-8-7-33-18)11-15(14)25(29)30/h5-6,9-11H,3-4,7-8,12H2,1-2H3,(H2,23,24,26,28). The highest BCUT2D eigenvalue weighted by molar-refractivity contribution is 6.03. The number of nitrogens with zero attached hydrogens (tertiary/aromatic N) is 1. The highest BCUT2D eigenvalue weighted by Gasteiger charge is 2.28. The van der Waals surface area contributed by atoms with Crippen LogP contribution in [0.25, 0.3) is 0 Å². The molecule has 0 atom stereocenters. The zero-order valence-electron chi connectivity index (χ0n) is 19.0. The van der Waals surface area contributed by atoms with Gasteiger partial charge in [-0.25, -0.2) is 9.59 Å². The number of hydrogen-bond donors (Lipinski definition) is 2. The van der Waals surface area contributed by atoms with Gasteiger partial charge < -0.3 is 29.0 Å². The van der Waals surface area contributed by atoms with Gasteiger partial charge in [0.1, 0.15) is 18.8 Å². The second-order valence-electron chi connectivity index (χ2n) is 6.88. The maximum absolute atomic E-state index is 12.4. The highest BCUT2D eigenvalue weighted by atomic mass is 16.6. The first kappa shape index (κ1) is 25.1. The van der Waals surface area contributed by atoms with E-state index in [-0.39, 0.29) is 24.7 Å². The average Bonchev–Trinajstić information content (AvgIpc) is 2.83. The lowest BCUT2D eigenvalue weighted by molar-refractivity contribution is -0.385. The number of imide groups is 1. The summed E-state index contributed by atoms with van der Waals surface area (Å²) < 4.78 is 26.4. The Morgan fingerprint density at radius 3 is 2.31 bits per heavy atom. The van der Waals surface area contributed by atoms with Crippen molar-refractivity contribution in [1.29, 1.82) is 0 Å². The summed E-state index contributed by atoms with van der Waals surface area (Å²) in [6.07, 6.45) is 0. The Balaban J connectivity index is 1.58. The SMILES string of the molecule is CCOc1ccc(NC(=O)NC(=O)COC(=O)c2cc3c(cc2[N+](=O)[O-])OCCO3)cc1OCC. The van der Waals surface area contributed by atoms with E-state index >= 15 is 0 Å². The zero-order valence-corrected chi connectivity index (χ0v) is 19.0. The average molecular weight is 489 g/mol. The van der Waals surface area contributed by atoms with Crippen LogP contribution in [-0.4, -0.2) is 55.9 Å². The van der Waals surface area contributed by atoms with Crippen molar-refractivity contribution in [2.45, 2.75) is 13.8 Å². The number of anilines is 1. The Labute approximate surface area is 199 Å². The lowest BCUT2D eigenvalue weighted by atomic mass is 10.1. The normalized spacial score (nSPS) is 11.7. The van der Waals surface area contributed by atoms with Crippen LogP contribution >= 0.6 is 0 Å². The summed E-state index contributed by atoms with van der Waals surface area (Å²) >= 11 is 0. The second-order valence-corrected chi connectivity index (χ2v) is 6.88. The Morgan fingerprint density at radius 2 is 1.66 bits per heavy atom. The third-order valence-corrected chi connectivity index (χ3v) is 4.47. The summed E-state index contributed by atoms with van der Waals surface area (Å²) in [4.78, 5) is 47.2. The third-order valence-electron chi connectivity index (χ3n) is 4.47. The van der Waals surface area contributed by atoms with Gasteiger partial charge in [0.25, 0.3) is 11.6 Å². The Hall–Kier alpha value is -4.55. The number of rotatable bonds is 9. The minimum absolute atomic E-state index is 0.121. The van der Waals surface area contributed by atoms with Crippen LogP contribution in [0.15, 0.2) is 30.3 Å². The molecule has 2 aromatic carbocycles. The van der Waals surface area contributed by atoms with E-state index in [9.17, 15) is 24.5 Å². The van der Waals surface area contributed by atoms with Crippen LogP contribution in [0, 0.1) is 10.1 Å². The second kappa shape index (κ2) is 11.5. The Kier molecular flexibility index (Phi) is 8.27. The molecule has 3 amide bonds. The molecule has 35 heavy (non-hydrogen) atoms. The van der Waals surface area contributed by atoms with Crippen molar-refractivity contribution in [1.82, 2.24) is 5.32 Å². The molecule has 0 spiro atoms. The summed E-state index contributed by atoms with van der Waals surface area (Å²) in [7, 11) is 0. The fraction of sp³-hybridized carbons (Fsp3) is 0.318. The van der Waals surface area contributed by atoms with Gasteiger partial charge in [-0.15, -0.1) is 0 Å². The van der Waals surface area contributed by atoms with Crippen LogP contribution in [0.3, 0.4) is 0 Å². The first-order valence-electron chi connectivity index (χ1n) is 10.6. The van der Waals surface area contributed by atoms with E-state index in [0.29, 0.717) is 30.4 Å². The fourth-order valence-corrected chi connectivity index (χ4v) is 3.06. The van der Waals surface area contributed by atoms with E-state index in [0.717, 1.165) is 12.1 Å². The molecule has 2 N–H and O–H groups in total. The monoisotopic (exact) mass is 489 g/mol. The van der Waals surface area contributed by atoms with Crippen molar-refractivity contribution < 1.29 is 43.0 Å². The minimum Gasteiger partial charge on any atom is -0.490 e. The molecule has 0 saturated heterocycles. The predicted octanol–water partition coefficient (Wildman–Crippen LogP) is 2.67. The molecule has 1 aliphatic heterocycles. The van der Waals surface area contributed by atoms with Gasteiger partial charge in [-0.05, 0) is 26.0 Å². The summed E-state index contributed by atoms with van der Waals surface area (Å²) in [6, 6.07) is 5.96. The van der Waals surface area contributed by atoms with Crippen LogP contribution in [-0.2, 0) is 9.53 Å². The number of fused-ring (bicyclic) bond motifs is 1. The van der Waals surface area contributed by atoms with Crippen molar-refractivity contribution in [2.75, 3.05) is 38.4 Å². The van der Waals surface area contributed by atoms with Gasteiger partial charge >= 0.3 is 12.0 Å². The highest BCUT2D eigenvalue weighted by Crippen LogP contribution is 2.37. The number of amides is 3. The molecule has 0 radical (unpaired) electrons. The molecule has 2 aromatic rings. The van der Waals surface area contributed by atoms with Gasteiger partial charge in [0.05, 0.1) is 24.2 Å². The molecule has 0 aliphatic carbocycles. The van der Waals surface area contributed by atoms with Gasteiger partial charge in [0, 0.05) is 17.8 Å². The van der Waals surface area contributed by atoms with E-state index in [1.807, 2.05) is 12.2 Å². The van der Waals surface area contributed by atoms with Crippen LogP contribution in [0.4, 0.5) is 16.2 Å². The van der Waals surface area contributed by atoms with Crippen molar-refractivity contribution in [3.8, 4) is 23.0 Å². The molecule has 1 aliphatic rings. The third kappa shape index (κ3) is 6.50. The molecular formula is C22H23N3O10. The van der Waals surface area contributed by atoms with Gasteiger partial charge in [0.15, 0.2) is 29.6 Å². The van der Waals surface area contributed by atoms with Gasteiger partial charge in [-0.2, -0.15) is 0 Å². The number of benzene rings is 2. The molecule has 13 nitrogen and oxygen atoms in total. The molecule has 0 fully saturated rings. The summed E-state index contributed by atoms with van der Waals surface area (Å²) in [5.41, 5.74) is -0.668. The number of nitrogens with one attached hydrogen (secondary N) is 2. The van der Waals surface area contributed by atoms with Crippen molar-refractivity contribution in [3.63, 3.8) is 0 Å². The summed E-state index contributed by atoms with van der Waals surface area (Å²) in [5, 5.41) is 15.8.